The number of carboxylic acids is 1. The average molecular weight is 234 g/mol. The highest BCUT2D eigenvalue weighted by molar-refractivity contribution is 5.91. The molecule has 1 fully saturated rings. The van der Waals surface area contributed by atoms with E-state index >= 15 is 0 Å². The van der Waals surface area contributed by atoms with Crippen molar-refractivity contribution < 1.29 is 9.90 Å². The summed E-state index contributed by atoms with van der Waals surface area (Å²) in [6.07, 6.45) is 8.78. The molecule has 0 bridgehead atoms. The van der Waals surface area contributed by atoms with Crippen LogP contribution < -0.4 is 5.32 Å². The zero-order valence-corrected chi connectivity index (χ0v) is 9.85. The van der Waals surface area contributed by atoms with Crippen LogP contribution in [0.5, 0.6) is 0 Å². The van der Waals surface area contributed by atoms with Crippen LogP contribution in [0.3, 0.4) is 0 Å². The third-order valence-corrected chi connectivity index (χ3v) is 3.23. The summed E-state index contributed by atoms with van der Waals surface area (Å²) in [5, 5.41) is 12.4. The van der Waals surface area contributed by atoms with Crippen LogP contribution in [0.25, 0.3) is 0 Å². The monoisotopic (exact) mass is 234 g/mol. The summed E-state index contributed by atoms with van der Waals surface area (Å²) >= 11 is 0. The van der Waals surface area contributed by atoms with Gasteiger partial charge in [0.25, 0.3) is 0 Å². The Kier molecular flexibility index (Phi) is 3.96. The highest BCUT2D eigenvalue weighted by atomic mass is 16.4. The molecule has 0 aliphatic heterocycles. The SMILES string of the molecule is O=C(O)c1ncccc1NC1CCCCCC1. The first-order valence-electron chi connectivity index (χ1n) is 6.22. The molecule has 0 unspecified atom stereocenters. The second-order valence-electron chi connectivity index (χ2n) is 4.54. The van der Waals surface area contributed by atoms with Crippen molar-refractivity contribution in [2.24, 2.45) is 0 Å². The smallest absolute Gasteiger partial charge is 0.356 e. The van der Waals surface area contributed by atoms with Crippen LogP contribution >= 0.6 is 0 Å². The first-order chi connectivity index (χ1) is 8.27. The minimum Gasteiger partial charge on any atom is -0.476 e. The Morgan fingerprint density at radius 3 is 2.65 bits per heavy atom. The quantitative estimate of drug-likeness (QED) is 0.789. The molecule has 92 valence electrons. The van der Waals surface area contributed by atoms with Crippen molar-refractivity contribution in [3.63, 3.8) is 0 Å². The van der Waals surface area contributed by atoms with Crippen molar-refractivity contribution >= 4 is 11.7 Å². The van der Waals surface area contributed by atoms with Crippen molar-refractivity contribution in [1.29, 1.82) is 0 Å². The van der Waals surface area contributed by atoms with Crippen LogP contribution in [0.15, 0.2) is 18.3 Å². The fourth-order valence-corrected chi connectivity index (χ4v) is 2.34. The van der Waals surface area contributed by atoms with Gasteiger partial charge in [-0.2, -0.15) is 0 Å². The Balaban J connectivity index is 2.09. The molecule has 1 aromatic heterocycles. The molecule has 1 aromatic rings. The number of nitrogens with one attached hydrogen (secondary N) is 1. The number of nitrogens with zero attached hydrogens (tertiary/aromatic N) is 1. The van der Waals surface area contributed by atoms with Gasteiger partial charge in [-0.3, -0.25) is 0 Å². The van der Waals surface area contributed by atoms with Crippen LogP contribution in [-0.4, -0.2) is 22.1 Å². The van der Waals surface area contributed by atoms with E-state index in [4.69, 9.17) is 5.11 Å². The topological polar surface area (TPSA) is 62.2 Å². The summed E-state index contributed by atoms with van der Waals surface area (Å²) in [5.74, 6) is -0.971. The molecule has 2 rings (SSSR count). The van der Waals surface area contributed by atoms with E-state index in [1.54, 1.807) is 12.1 Å². The lowest BCUT2D eigenvalue weighted by molar-refractivity contribution is 0.0691. The van der Waals surface area contributed by atoms with E-state index < -0.39 is 5.97 Å². The van der Waals surface area contributed by atoms with Gasteiger partial charge in [-0.15, -0.1) is 0 Å². The lowest BCUT2D eigenvalue weighted by atomic mass is 10.1. The van der Waals surface area contributed by atoms with Gasteiger partial charge in [0.2, 0.25) is 0 Å². The van der Waals surface area contributed by atoms with E-state index in [9.17, 15) is 4.79 Å². The minimum atomic E-state index is -0.971. The molecule has 2 N–H and O–H groups in total. The number of aromatic carboxylic acids is 1. The van der Waals surface area contributed by atoms with Crippen molar-refractivity contribution in [2.75, 3.05) is 5.32 Å². The maximum Gasteiger partial charge on any atom is 0.356 e. The number of hydrogen-bond donors (Lipinski definition) is 2. The molecule has 0 saturated heterocycles. The standard InChI is InChI=1S/C13H18N2O2/c16-13(17)12-11(8-5-9-14-12)15-10-6-3-1-2-4-7-10/h5,8-10,15H,1-4,6-7H2,(H,16,17). The molecule has 0 amide bonds. The van der Waals surface area contributed by atoms with Gasteiger partial charge < -0.3 is 10.4 Å². The van der Waals surface area contributed by atoms with Gasteiger partial charge in [0.05, 0.1) is 5.69 Å². The van der Waals surface area contributed by atoms with Gasteiger partial charge in [-0.05, 0) is 25.0 Å². The molecule has 0 radical (unpaired) electrons. The largest absolute Gasteiger partial charge is 0.476 e. The Morgan fingerprint density at radius 1 is 1.29 bits per heavy atom. The lowest BCUT2D eigenvalue weighted by Gasteiger charge is -2.18. The van der Waals surface area contributed by atoms with Crippen molar-refractivity contribution in [3.05, 3.63) is 24.0 Å². The van der Waals surface area contributed by atoms with E-state index in [1.165, 1.54) is 31.9 Å². The second kappa shape index (κ2) is 5.66. The molecule has 0 spiro atoms. The summed E-state index contributed by atoms with van der Waals surface area (Å²) in [5.41, 5.74) is 0.767. The summed E-state index contributed by atoms with van der Waals surface area (Å²) in [4.78, 5) is 14.9. The first-order valence-corrected chi connectivity index (χ1v) is 6.22. The molecule has 1 heterocycles. The average Bonchev–Trinajstić information content (AvgIpc) is 2.58. The number of hydrogen-bond acceptors (Lipinski definition) is 3. The number of aromatic nitrogens is 1. The Labute approximate surface area is 101 Å². The van der Waals surface area contributed by atoms with E-state index in [2.05, 4.69) is 10.3 Å². The molecule has 1 saturated carbocycles. The molecule has 4 nitrogen and oxygen atoms in total. The number of carbonyl (C=O) groups is 1. The van der Waals surface area contributed by atoms with Crippen LogP contribution in [0.1, 0.15) is 49.0 Å². The molecule has 1 aliphatic carbocycles. The lowest BCUT2D eigenvalue weighted by Crippen LogP contribution is -2.20. The van der Waals surface area contributed by atoms with E-state index in [1.807, 2.05) is 0 Å². The van der Waals surface area contributed by atoms with E-state index in [0.29, 0.717) is 11.7 Å². The van der Waals surface area contributed by atoms with Crippen molar-refractivity contribution in [2.45, 2.75) is 44.6 Å². The third kappa shape index (κ3) is 3.19. The van der Waals surface area contributed by atoms with Gasteiger partial charge in [0, 0.05) is 12.2 Å². The Morgan fingerprint density at radius 2 is 2.00 bits per heavy atom. The fourth-order valence-electron chi connectivity index (χ4n) is 2.34. The Hall–Kier alpha value is -1.58. The van der Waals surface area contributed by atoms with Gasteiger partial charge >= 0.3 is 5.97 Å². The normalized spacial score (nSPS) is 17.4. The molecular formula is C13H18N2O2. The number of pyridine rings is 1. The number of anilines is 1. The molecular weight excluding hydrogens is 216 g/mol. The van der Waals surface area contributed by atoms with E-state index in [0.717, 1.165) is 12.8 Å². The summed E-state index contributed by atoms with van der Waals surface area (Å²) in [7, 11) is 0. The van der Waals surface area contributed by atoms with Crippen LogP contribution in [-0.2, 0) is 0 Å². The second-order valence-corrected chi connectivity index (χ2v) is 4.54. The van der Waals surface area contributed by atoms with Gasteiger partial charge in [-0.25, -0.2) is 9.78 Å². The predicted molar refractivity (Wildman–Crippen MR) is 66.3 cm³/mol. The van der Waals surface area contributed by atoms with Crippen molar-refractivity contribution in [1.82, 2.24) is 4.98 Å². The van der Waals surface area contributed by atoms with Crippen LogP contribution in [0.4, 0.5) is 5.69 Å². The van der Waals surface area contributed by atoms with Crippen molar-refractivity contribution in [3.8, 4) is 0 Å². The van der Waals surface area contributed by atoms with Gasteiger partial charge in [-0.1, -0.05) is 25.7 Å². The van der Waals surface area contributed by atoms with E-state index in [-0.39, 0.29) is 5.69 Å². The summed E-state index contributed by atoms with van der Waals surface area (Å²) < 4.78 is 0. The van der Waals surface area contributed by atoms with Crippen LogP contribution in [0, 0.1) is 0 Å². The maximum atomic E-state index is 11.0. The molecule has 4 heteroatoms. The van der Waals surface area contributed by atoms with Crippen LogP contribution in [0.2, 0.25) is 0 Å². The molecule has 17 heavy (non-hydrogen) atoms. The predicted octanol–water partition coefficient (Wildman–Crippen LogP) is 2.91. The number of rotatable bonds is 3. The summed E-state index contributed by atoms with van der Waals surface area (Å²) in [6.45, 7) is 0. The zero-order valence-electron chi connectivity index (χ0n) is 9.85. The van der Waals surface area contributed by atoms with Gasteiger partial charge in [0.1, 0.15) is 0 Å². The molecule has 0 atom stereocenters. The minimum absolute atomic E-state index is 0.122. The fraction of sp³-hybridized carbons (Fsp3) is 0.538. The highest BCUT2D eigenvalue weighted by Crippen LogP contribution is 2.22. The number of carboxylic acid groups (broad SMARTS) is 1. The highest BCUT2D eigenvalue weighted by Gasteiger charge is 2.16. The Bertz CT molecular complexity index is 385. The zero-order chi connectivity index (χ0) is 12.1. The third-order valence-electron chi connectivity index (χ3n) is 3.23. The van der Waals surface area contributed by atoms with Gasteiger partial charge in [0.15, 0.2) is 5.69 Å². The maximum absolute atomic E-state index is 11.0. The first kappa shape index (κ1) is 11.9. The molecule has 1 aliphatic rings. The summed E-state index contributed by atoms with van der Waals surface area (Å²) in [6, 6.07) is 3.95. The molecule has 0 aromatic carbocycles.